The number of carbonyl (C=O) groups is 3. The van der Waals surface area contributed by atoms with Gasteiger partial charge >= 0.3 is 0 Å². The van der Waals surface area contributed by atoms with Gasteiger partial charge in [0.15, 0.2) is 0 Å². The summed E-state index contributed by atoms with van der Waals surface area (Å²) in [6.07, 6.45) is 5.00. The van der Waals surface area contributed by atoms with Crippen molar-refractivity contribution >= 4 is 17.7 Å². The molecule has 8 nitrogen and oxygen atoms in total. The molecule has 1 saturated carbocycles. The number of aromatic nitrogens is 2. The fraction of sp³-hybridized carbons (Fsp3) is 0.368. The van der Waals surface area contributed by atoms with Gasteiger partial charge in [-0.25, -0.2) is 0 Å². The number of benzene rings is 1. The van der Waals surface area contributed by atoms with Crippen molar-refractivity contribution in [2.24, 2.45) is 5.92 Å². The minimum Gasteiger partial charge on any atom is -0.347 e. The summed E-state index contributed by atoms with van der Waals surface area (Å²) in [5, 5.41) is 9.35. The Morgan fingerprint density at radius 2 is 1.78 bits per heavy atom. The molecule has 0 unspecified atom stereocenters. The van der Waals surface area contributed by atoms with Crippen LogP contribution in [0.4, 0.5) is 0 Å². The van der Waals surface area contributed by atoms with Gasteiger partial charge in [-0.1, -0.05) is 49.6 Å². The van der Waals surface area contributed by atoms with Crippen LogP contribution >= 0.6 is 0 Å². The Kier molecular flexibility index (Phi) is 6.19. The molecule has 4 N–H and O–H groups in total. The van der Waals surface area contributed by atoms with Gasteiger partial charge in [-0.15, -0.1) is 0 Å². The molecule has 1 aromatic heterocycles. The Balaban J connectivity index is 1.43. The molecule has 3 amide bonds. The molecule has 8 heteroatoms. The third-order valence-electron chi connectivity index (χ3n) is 4.61. The maximum atomic E-state index is 12.1. The Bertz CT molecular complexity index is 797. The van der Waals surface area contributed by atoms with Crippen molar-refractivity contribution < 1.29 is 14.4 Å². The van der Waals surface area contributed by atoms with E-state index in [0.717, 1.165) is 37.7 Å². The molecule has 0 saturated heterocycles. The van der Waals surface area contributed by atoms with Crippen molar-refractivity contribution in [1.29, 1.82) is 0 Å². The highest BCUT2D eigenvalue weighted by molar-refractivity contribution is 5.95. The molecular formula is C19H23N5O3. The van der Waals surface area contributed by atoms with E-state index in [-0.39, 0.29) is 24.1 Å². The number of hydrogen-bond donors (Lipinski definition) is 4. The molecule has 0 radical (unpaired) electrons. The number of aromatic amines is 1. The van der Waals surface area contributed by atoms with E-state index in [2.05, 4.69) is 26.4 Å². The van der Waals surface area contributed by atoms with E-state index in [9.17, 15) is 14.4 Å². The maximum absolute atomic E-state index is 12.1. The van der Waals surface area contributed by atoms with Crippen LogP contribution in [0.15, 0.2) is 36.4 Å². The lowest BCUT2D eigenvalue weighted by Gasteiger charge is -2.20. The molecule has 1 aromatic carbocycles. The number of hydrogen-bond acceptors (Lipinski definition) is 4. The van der Waals surface area contributed by atoms with Crippen molar-refractivity contribution in [2.75, 3.05) is 6.54 Å². The molecule has 1 heterocycles. The molecule has 142 valence electrons. The van der Waals surface area contributed by atoms with Gasteiger partial charge in [-0.05, 0) is 18.9 Å². The van der Waals surface area contributed by atoms with Crippen LogP contribution in [0.2, 0.25) is 0 Å². The monoisotopic (exact) mass is 369 g/mol. The molecule has 0 aliphatic heterocycles. The number of amides is 3. The number of rotatable bonds is 5. The van der Waals surface area contributed by atoms with Crippen molar-refractivity contribution in [3.63, 3.8) is 0 Å². The normalized spacial score (nSPS) is 14.4. The summed E-state index contributed by atoms with van der Waals surface area (Å²) in [4.78, 5) is 35.9. The summed E-state index contributed by atoms with van der Waals surface area (Å²) in [6, 6.07) is 11.0. The zero-order valence-electron chi connectivity index (χ0n) is 15.0. The average molecular weight is 369 g/mol. The van der Waals surface area contributed by atoms with E-state index in [0.29, 0.717) is 5.69 Å². The van der Waals surface area contributed by atoms with Crippen molar-refractivity contribution in [3.05, 3.63) is 42.1 Å². The fourth-order valence-corrected chi connectivity index (χ4v) is 3.11. The second-order valence-electron chi connectivity index (χ2n) is 6.59. The highest BCUT2D eigenvalue weighted by atomic mass is 16.2. The molecule has 3 rings (SSSR count). The Morgan fingerprint density at radius 1 is 1.04 bits per heavy atom. The average Bonchev–Trinajstić information content (AvgIpc) is 3.22. The van der Waals surface area contributed by atoms with E-state index in [1.54, 1.807) is 6.07 Å². The standard InChI is InChI=1S/C19H23N5O3/c25-17(12-20-18(26)14-9-5-2-6-10-14)23-24-19(27)16-11-15(21-22-16)13-7-3-1-4-8-13/h1,3-4,7-8,11,14H,2,5-6,9-10,12H2,(H,20,26)(H,21,22)(H,23,25)(H,24,27). The molecule has 1 aliphatic carbocycles. The van der Waals surface area contributed by atoms with Crippen molar-refractivity contribution in [1.82, 2.24) is 26.4 Å². The molecule has 1 fully saturated rings. The summed E-state index contributed by atoms with van der Waals surface area (Å²) in [7, 11) is 0. The minimum absolute atomic E-state index is 0.0115. The highest BCUT2D eigenvalue weighted by Crippen LogP contribution is 2.23. The summed E-state index contributed by atoms with van der Waals surface area (Å²) in [5.74, 6) is -1.12. The predicted molar refractivity (Wildman–Crippen MR) is 99.2 cm³/mol. The Labute approximate surface area is 157 Å². The second-order valence-corrected chi connectivity index (χ2v) is 6.59. The maximum Gasteiger partial charge on any atom is 0.287 e. The summed E-state index contributed by atoms with van der Waals surface area (Å²) >= 11 is 0. The van der Waals surface area contributed by atoms with Gasteiger partial charge in [0.25, 0.3) is 11.8 Å². The second kappa shape index (κ2) is 8.98. The topological polar surface area (TPSA) is 116 Å². The van der Waals surface area contributed by atoms with E-state index in [1.165, 1.54) is 0 Å². The quantitative estimate of drug-likeness (QED) is 0.598. The van der Waals surface area contributed by atoms with Crippen LogP contribution in [-0.2, 0) is 9.59 Å². The van der Waals surface area contributed by atoms with Gasteiger partial charge in [-0.3, -0.25) is 30.3 Å². The first-order valence-corrected chi connectivity index (χ1v) is 9.11. The van der Waals surface area contributed by atoms with E-state index >= 15 is 0 Å². The summed E-state index contributed by atoms with van der Waals surface area (Å²) < 4.78 is 0. The zero-order valence-corrected chi connectivity index (χ0v) is 15.0. The van der Waals surface area contributed by atoms with Gasteiger partial charge in [-0.2, -0.15) is 5.10 Å². The first-order chi connectivity index (χ1) is 13.1. The van der Waals surface area contributed by atoms with Gasteiger partial charge < -0.3 is 5.32 Å². The van der Waals surface area contributed by atoms with Crippen LogP contribution in [0.1, 0.15) is 42.6 Å². The largest absolute Gasteiger partial charge is 0.347 e. The van der Waals surface area contributed by atoms with Crippen LogP contribution in [0.25, 0.3) is 11.3 Å². The van der Waals surface area contributed by atoms with E-state index in [1.807, 2.05) is 30.3 Å². The highest BCUT2D eigenvalue weighted by Gasteiger charge is 2.21. The molecule has 0 bridgehead atoms. The lowest BCUT2D eigenvalue weighted by molar-refractivity contribution is -0.129. The molecule has 0 spiro atoms. The SMILES string of the molecule is O=C(CNC(=O)C1CCCCC1)NNC(=O)c1cc(-c2ccccc2)n[nH]1. The van der Waals surface area contributed by atoms with Crippen LogP contribution in [-0.4, -0.2) is 34.5 Å². The number of nitrogens with zero attached hydrogens (tertiary/aromatic N) is 1. The van der Waals surface area contributed by atoms with Crippen molar-refractivity contribution in [2.45, 2.75) is 32.1 Å². The number of carbonyl (C=O) groups excluding carboxylic acids is 3. The van der Waals surface area contributed by atoms with Crippen LogP contribution in [0.5, 0.6) is 0 Å². The molecule has 2 aromatic rings. The van der Waals surface area contributed by atoms with Crippen LogP contribution < -0.4 is 16.2 Å². The first-order valence-electron chi connectivity index (χ1n) is 9.11. The number of hydrazine groups is 1. The molecule has 0 atom stereocenters. The van der Waals surface area contributed by atoms with Crippen molar-refractivity contribution in [3.8, 4) is 11.3 Å². The van der Waals surface area contributed by atoms with Gasteiger partial charge in [0.05, 0.1) is 12.2 Å². The van der Waals surface area contributed by atoms with Gasteiger partial charge in [0, 0.05) is 11.5 Å². The van der Waals surface area contributed by atoms with Gasteiger partial charge in [0.2, 0.25) is 5.91 Å². The summed E-state index contributed by atoms with van der Waals surface area (Å²) in [5.41, 5.74) is 6.32. The lowest BCUT2D eigenvalue weighted by atomic mass is 9.89. The van der Waals surface area contributed by atoms with Crippen LogP contribution in [0.3, 0.4) is 0 Å². The van der Waals surface area contributed by atoms with Crippen LogP contribution in [0, 0.1) is 5.92 Å². The van der Waals surface area contributed by atoms with E-state index < -0.39 is 11.8 Å². The minimum atomic E-state index is -0.517. The Hall–Kier alpha value is -3.16. The zero-order chi connectivity index (χ0) is 19.1. The van der Waals surface area contributed by atoms with Gasteiger partial charge in [0.1, 0.15) is 5.69 Å². The summed E-state index contributed by atoms with van der Waals surface area (Å²) in [6.45, 7) is -0.173. The fourth-order valence-electron chi connectivity index (χ4n) is 3.11. The molecule has 27 heavy (non-hydrogen) atoms. The lowest BCUT2D eigenvalue weighted by Crippen LogP contribution is -2.47. The number of nitrogens with one attached hydrogen (secondary N) is 4. The third kappa shape index (κ3) is 5.16. The smallest absolute Gasteiger partial charge is 0.287 e. The number of H-pyrrole nitrogens is 1. The molecular weight excluding hydrogens is 346 g/mol. The predicted octanol–water partition coefficient (Wildman–Crippen LogP) is 1.53. The van der Waals surface area contributed by atoms with E-state index in [4.69, 9.17) is 0 Å². The first kappa shape index (κ1) is 18.6. The molecule has 1 aliphatic rings. The Morgan fingerprint density at radius 3 is 2.52 bits per heavy atom. The third-order valence-corrected chi connectivity index (χ3v) is 4.61.